The molecule has 0 amide bonds. The van der Waals surface area contributed by atoms with E-state index >= 15 is 0 Å². The molecule has 2 atom stereocenters. The third-order valence-corrected chi connectivity index (χ3v) is 4.79. The van der Waals surface area contributed by atoms with Gasteiger partial charge in [-0.15, -0.1) is 0 Å². The quantitative estimate of drug-likeness (QED) is 0.549. The van der Waals surface area contributed by atoms with Gasteiger partial charge in [0.15, 0.2) is 0 Å². The lowest BCUT2D eigenvalue weighted by Crippen LogP contribution is -2.56. The van der Waals surface area contributed by atoms with Crippen LogP contribution in [0.1, 0.15) is 85.5 Å². The second-order valence-corrected chi connectivity index (χ2v) is 7.44. The average Bonchev–Trinajstić information content (AvgIpc) is 2.45. The average molecular weight is 297 g/mol. The van der Waals surface area contributed by atoms with Crippen molar-refractivity contribution in [1.82, 2.24) is 10.2 Å². The zero-order chi connectivity index (χ0) is 15.5. The van der Waals surface area contributed by atoms with E-state index in [9.17, 15) is 0 Å². The molecule has 1 heterocycles. The summed E-state index contributed by atoms with van der Waals surface area (Å²) in [6.07, 6.45) is 12.5. The molecule has 0 aromatic rings. The van der Waals surface area contributed by atoms with Crippen molar-refractivity contribution in [3.05, 3.63) is 0 Å². The van der Waals surface area contributed by atoms with Crippen LogP contribution >= 0.6 is 0 Å². The van der Waals surface area contributed by atoms with Gasteiger partial charge < -0.3 is 5.32 Å². The first-order chi connectivity index (χ1) is 10.2. The summed E-state index contributed by atoms with van der Waals surface area (Å²) in [6, 6.07) is 1.51. The fraction of sp³-hybridized carbons (Fsp3) is 1.00. The van der Waals surface area contributed by atoms with E-state index < -0.39 is 0 Å². The molecule has 0 aromatic carbocycles. The highest BCUT2D eigenvalue weighted by Gasteiger charge is 2.27. The van der Waals surface area contributed by atoms with Crippen molar-refractivity contribution in [2.75, 3.05) is 19.6 Å². The maximum atomic E-state index is 3.78. The minimum Gasteiger partial charge on any atom is -0.311 e. The summed E-state index contributed by atoms with van der Waals surface area (Å²) >= 11 is 0. The number of hydrogen-bond acceptors (Lipinski definition) is 2. The van der Waals surface area contributed by atoms with Crippen LogP contribution in [-0.4, -0.2) is 36.6 Å². The fourth-order valence-corrected chi connectivity index (χ4v) is 3.62. The smallest absolute Gasteiger partial charge is 0.0223 e. The van der Waals surface area contributed by atoms with Crippen molar-refractivity contribution in [3.63, 3.8) is 0 Å². The van der Waals surface area contributed by atoms with Crippen LogP contribution in [0.25, 0.3) is 0 Å². The van der Waals surface area contributed by atoms with E-state index in [2.05, 4.69) is 37.9 Å². The summed E-state index contributed by atoms with van der Waals surface area (Å²) in [5.41, 5.74) is 0. The number of rotatable bonds is 11. The molecule has 0 bridgehead atoms. The molecule has 0 aliphatic carbocycles. The number of hydrogen-bond donors (Lipinski definition) is 1. The van der Waals surface area contributed by atoms with Gasteiger partial charge in [-0.1, -0.05) is 66.2 Å². The van der Waals surface area contributed by atoms with Gasteiger partial charge in [-0.25, -0.2) is 0 Å². The Kier molecular flexibility index (Phi) is 10.4. The first-order valence-corrected chi connectivity index (χ1v) is 9.64. The first-order valence-electron chi connectivity index (χ1n) is 9.64. The highest BCUT2D eigenvalue weighted by molar-refractivity contribution is 4.86. The number of nitrogens with one attached hydrogen (secondary N) is 1. The molecule has 1 N–H and O–H groups in total. The number of unbranched alkanes of at least 4 members (excludes halogenated alkanes) is 5. The molecule has 0 spiro atoms. The van der Waals surface area contributed by atoms with E-state index in [0.717, 1.165) is 18.0 Å². The van der Waals surface area contributed by atoms with Crippen molar-refractivity contribution in [2.24, 2.45) is 5.92 Å². The van der Waals surface area contributed by atoms with Gasteiger partial charge in [0, 0.05) is 25.2 Å². The number of nitrogens with zero attached hydrogens (tertiary/aromatic N) is 1. The van der Waals surface area contributed by atoms with Crippen molar-refractivity contribution in [2.45, 2.75) is 97.6 Å². The van der Waals surface area contributed by atoms with Crippen molar-refractivity contribution in [1.29, 1.82) is 0 Å². The Hall–Kier alpha value is -0.0800. The van der Waals surface area contributed by atoms with Crippen molar-refractivity contribution in [3.8, 4) is 0 Å². The lowest BCUT2D eigenvalue weighted by molar-refractivity contribution is 0.108. The summed E-state index contributed by atoms with van der Waals surface area (Å²) in [5.74, 6) is 0.812. The normalized spacial score (nSPS) is 23.9. The van der Waals surface area contributed by atoms with Crippen LogP contribution in [0.15, 0.2) is 0 Å². The predicted molar refractivity (Wildman–Crippen MR) is 94.9 cm³/mol. The molecule has 0 radical (unpaired) electrons. The topological polar surface area (TPSA) is 15.3 Å². The van der Waals surface area contributed by atoms with E-state index in [1.165, 1.54) is 77.4 Å². The second kappa shape index (κ2) is 11.5. The summed E-state index contributed by atoms with van der Waals surface area (Å²) in [7, 11) is 0. The number of piperazine rings is 1. The van der Waals surface area contributed by atoms with E-state index in [1.807, 2.05) is 0 Å². The van der Waals surface area contributed by atoms with Crippen LogP contribution in [0.3, 0.4) is 0 Å². The zero-order valence-electron chi connectivity index (χ0n) is 15.2. The van der Waals surface area contributed by atoms with E-state index in [4.69, 9.17) is 0 Å². The van der Waals surface area contributed by atoms with Gasteiger partial charge in [-0.2, -0.15) is 0 Å². The molecular formula is C19H40N2. The molecular weight excluding hydrogens is 256 g/mol. The third kappa shape index (κ3) is 8.21. The Morgan fingerprint density at radius 2 is 1.71 bits per heavy atom. The minimum atomic E-state index is 0.735. The Bertz CT molecular complexity index is 240. The first kappa shape index (κ1) is 19.0. The highest BCUT2D eigenvalue weighted by atomic mass is 15.2. The Morgan fingerprint density at radius 3 is 2.38 bits per heavy atom. The van der Waals surface area contributed by atoms with Crippen molar-refractivity contribution < 1.29 is 0 Å². The molecule has 126 valence electrons. The van der Waals surface area contributed by atoms with Crippen LogP contribution in [0, 0.1) is 5.92 Å². The van der Waals surface area contributed by atoms with Gasteiger partial charge in [0.1, 0.15) is 0 Å². The summed E-state index contributed by atoms with van der Waals surface area (Å²) in [5, 5.41) is 3.78. The predicted octanol–water partition coefficient (Wildman–Crippen LogP) is 4.84. The van der Waals surface area contributed by atoms with E-state index in [0.29, 0.717) is 0 Å². The maximum Gasteiger partial charge on any atom is 0.0223 e. The molecule has 1 rings (SSSR count). The van der Waals surface area contributed by atoms with Crippen molar-refractivity contribution >= 4 is 0 Å². The minimum absolute atomic E-state index is 0.735. The summed E-state index contributed by atoms with van der Waals surface area (Å²) in [4.78, 5) is 2.80. The highest BCUT2D eigenvalue weighted by Crippen LogP contribution is 2.18. The standard InChI is InChI=1S/C19H40N2/c1-5-7-8-9-10-11-13-21-16-18(12-6-2)20-15-19(21)14-17(3)4/h17-20H,5-16H2,1-4H3. The Labute approximate surface area is 134 Å². The van der Waals surface area contributed by atoms with Crippen LogP contribution in [0.4, 0.5) is 0 Å². The SMILES string of the molecule is CCCCCCCCN1CC(CCC)NCC1CC(C)C. The monoisotopic (exact) mass is 296 g/mol. The van der Waals surface area contributed by atoms with Gasteiger partial charge in [-0.05, 0) is 31.7 Å². The van der Waals surface area contributed by atoms with Crippen LogP contribution in [0.2, 0.25) is 0 Å². The second-order valence-electron chi connectivity index (χ2n) is 7.44. The zero-order valence-corrected chi connectivity index (χ0v) is 15.2. The molecule has 0 aromatic heterocycles. The maximum absolute atomic E-state index is 3.78. The summed E-state index contributed by atoms with van der Waals surface area (Å²) in [6.45, 7) is 13.1. The van der Waals surface area contributed by atoms with Gasteiger partial charge in [0.2, 0.25) is 0 Å². The summed E-state index contributed by atoms with van der Waals surface area (Å²) < 4.78 is 0. The largest absolute Gasteiger partial charge is 0.311 e. The lowest BCUT2D eigenvalue weighted by Gasteiger charge is -2.41. The molecule has 21 heavy (non-hydrogen) atoms. The Balaban J connectivity index is 2.31. The van der Waals surface area contributed by atoms with Crippen LogP contribution in [0.5, 0.6) is 0 Å². The van der Waals surface area contributed by atoms with Gasteiger partial charge in [0.25, 0.3) is 0 Å². The van der Waals surface area contributed by atoms with Gasteiger partial charge in [0.05, 0.1) is 0 Å². The fourth-order valence-electron chi connectivity index (χ4n) is 3.62. The van der Waals surface area contributed by atoms with E-state index in [1.54, 1.807) is 0 Å². The molecule has 1 fully saturated rings. The molecule has 2 heteroatoms. The van der Waals surface area contributed by atoms with Gasteiger partial charge >= 0.3 is 0 Å². The molecule has 1 aliphatic rings. The van der Waals surface area contributed by atoms with Gasteiger partial charge in [-0.3, -0.25) is 4.90 Å². The Morgan fingerprint density at radius 1 is 1.00 bits per heavy atom. The molecule has 2 unspecified atom stereocenters. The third-order valence-electron chi connectivity index (χ3n) is 4.79. The molecule has 0 saturated carbocycles. The van der Waals surface area contributed by atoms with Crippen LogP contribution < -0.4 is 5.32 Å². The lowest BCUT2D eigenvalue weighted by atomic mass is 9.97. The molecule has 2 nitrogen and oxygen atoms in total. The molecule has 1 aliphatic heterocycles. The van der Waals surface area contributed by atoms with Crippen LogP contribution in [-0.2, 0) is 0 Å². The molecule has 1 saturated heterocycles. The van der Waals surface area contributed by atoms with E-state index in [-0.39, 0.29) is 0 Å².